The summed E-state index contributed by atoms with van der Waals surface area (Å²) in [6, 6.07) is 19.4. The van der Waals surface area contributed by atoms with Gasteiger partial charge in [0.1, 0.15) is 5.75 Å². The molecule has 0 unspecified atom stereocenters. The van der Waals surface area contributed by atoms with Crippen molar-refractivity contribution in [3.8, 4) is 22.8 Å². The van der Waals surface area contributed by atoms with Crippen molar-refractivity contribution in [3.05, 3.63) is 78.6 Å². The van der Waals surface area contributed by atoms with E-state index in [2.05, 4.69) is 20.8 Å². The zero-order valence-electron chi connectivity index (χ0n) is 15.9. The van der Waals surface area contributed by atoms with Crippen LogP contribution in [-0.4, -0.2) is 22.9 Å². The fraction of sp³-hybridized carbons (Fsp3) is 0.174. The fourth-order valence-corrected chi connectivity index (χ4v) is 3.30. The van der Waals surface area contributed by atoms with Crippen molar-refractivity contribution >= 4 is 10.9 Å². The van der Waals surface area contributed by atoms with Crippen molar-refractivity contribution in [2.45, 2.75) is 19.2 Å². The van der Waals surface area contributed by atoms with E-state index in [1.165, 1.54) is 12.1 Å². The lowest BCUT2D eigenvalue weighted by Crippen LogP contribution is -2.16. The third-order valence-corrected chi connectivity index (χ3v) is 4.59. The predicted octanol–water partition coefficient (Wildman–Crippen LogP) is 6.14. The molecule has 4 rings (SSSR count). The Morgan fingerprint density at radius 1 is 0.933 bits per heavy atom. The van der Waals surface area contributed by atoms with E-state index in [-0.39, 0.29) is 5.75 Å². The summed E-state index contributed by atoms with van der Waals surface area (Å²) in [5.74, 6) is 0.368. The average Bonchev–Trinajstić information content (AvgIpc) is 3.14. The third kappa shape index (κ3) is 4.92. The van der Waals surface area contributed by atoms with Gasteiger partial charge in [0.05, 0.1) is 12.1 Å². The number of halogens is 3. The molecule has 154 valence electrons. The molecule has 0 aliphatic heterocycles. The number of ether oxygens (including phenoxy) is 2. The Morgan fingerprint density at radius 3 is 2.50 bits per heavy atom. The van der Waals surface area contributed by atoms with Crippen LogP contribution >= 0.6 is 0 Å². The standard InChI is InChI=1S/C23H19F3N2O2/c24-23(25,26)30-19-11-9-16(10-12-19)20-7-3-5-17-15-18(28-22(17)20)6-4-14-29-21-8-1-2-13-27-21/h1-3,5,7-13,15,28H,4,6,14H2. The monoisotopic (exact) mass is 412 g/mol. The van der Waals surface area contributed by atoms with Crippen molar-refractivity contribution in [1.29, 1.82) is 0 Å². The van der Waals surface area contributed by atoms with Gasteiger partial charge in [-0.05, 0) is 42.7 Å². The van der Waals surface area contributed by atoms with E-state index in [1.54, 1.807) is 18.3 Å². The van der Waals surface area contributed by atoms with Gasteiger partial charge < -0.3 is 14.5 Å². The maximum atomic E-state index is 12.4. The van der Waals surface area contributed by atoms with Crippen molar-refractivity contribution in [2.24, 2.45) is 0 Å². The Morgan fingerprint density at radius 2 is 1.77 bits per heavy atom. The molecule has 0 aliphatic carbocycles. The van der Waals surface area contributed by atoms with Gasteiger partial charge in [0, 0.05) is 28.9 Å². The van der Waals surface area contributed by atoms with Crippen LogP contribution in [0.5, 0.6) is 11.6 Å². The number of aromatic nitrogens is 2. The summed E-state index contributed by atoms with van der Waals surface area (Å²) in [5, 5.41) is 1.05. The van der Waals surface area contributed by atoms with E-state index in [0.717, 1.165) is 40.6 Å². The molecule has 0 amide bonds. The normalized spacial score (nSPS) is 11.6. The first-order valence-electron chi connectivity index (χ1n) is 9.48. The molecule has 0 fully saturated rings. The lowest BCUT2D eigenvalue weighted by Gasteiger charge is -2.09. The molecule has 0 spiro atoms. The van der Waals surface area contributed by atoms with Crippen LogP contribution in [-0.2, 0) is 6.42 Å². The second-order valence-electron chi connectivity index (χ2n) is 6.76. The molecule has 0 bridgehead atoms. The number of pyridine rings is 1. The van der Waals surface area contributed by atoms with E-state index >= 15 is 0 Å². The smallest absolute Gasteiger partial charge is 0.478 e. The summed E-state index contributed by atoms with van der Waals surface area (Å²) in [7, 11) is 0. The van der Waals surface area contributed by atoms with Crippen molar-refractivity contribution in [3.63, 3.8) is 0 Å². The van der Waals surface area contributed by atoms with Crippen LogP contribution in [0.4, 0.5) is 13.2 Å². The zero-order valence-corrected chi connectivity index (χ0v) is 15.9. The molecule has 2 aromatic heterocycles. The molecular weight excluding hydrogens is 393 g/mol. The fourth-order valence-electron chi connectivity index (χ4n) is 3.30. The molecule has 0 saturated carbocycles. The molecule has 4 nitrogen and oxygen atoms in total. The summed E-state index contributed by atoms with van der Waals surface area (Å²) < 4.78 is 46.7. The number of aromatic amines is 1. The molecule has 2 heterocycles. The highest BCUT2D eigenvalue weighted by Gasteiger charge is 2.31. The third-order valence-electron chi connectivity index (χ3n) is 4.59. The first-order chi connectivity index (χ1) is 14.5. The minimum absolute atomic E-state index is 0.237. The van der Waals surface area contributed by atoms with Crippen LogP contribution in [0.25, 0.3) is 22.0 Å². The largest absolute Gasteiger partial charge is 0.573 e. The van der Waals surface area contributed by atoms with Crippen molar-refractivity contribution in [1.82, 2.24) is 9.97 Å². The summed E-state index contributed by atoms with van der Waals surface area (Å²) in [5.41, 5.74) is 3.74. The first-order valence-corrected chi connectivity index (χ1v) is 9.48. The van der Waals surface area contributed by atoms with E-state index in [1.807, 2.05) is 36.4 Å². The molecular formula is C23H19F3N2O2. The zero-order chi connectivity index (χ0) is 21.0. The van der Waals surface area contributed by atoms with Gasteiger partial charge in [0.15, 0.2) is 0 Å². The van der Waals surface area contributed by atoms with Gasteiger partial charge in [0.25, 0.3) is 0 Å². The number of nitrogens with zero attached hydrogens (tertiary/aromatic N) is 1. The summed E-state index contributed by atoms with van der Waals surface area (Å²) in [6.45, 7) is 0.555. The predicted molar refractivity (Wildman–Crippen MR) is 108 cm³/mol. The molecule has 7 heteroatoms. The molecule has 2 aromatic carbocycles. The van der Waals surface area contributed by atoms with Crippen LogP contribution in [0.1, 0.15) is 12.1 Å². The maximum Gasteiger partial charge on any atom is 0.573 e. The van der Waals surface area contributed by atoms with E-state index < -0.39 is 6.36 Å². The number of benzene rings is 2. The Bertz CT molecular complexity index is 1110. The highest BCUT2D eigenvalue weighted by atomic mass is 19.4. The molecule has 0 radical (unpaired) electrons. The Hall–Kier alpha value is -3.48. The Kier molecular flexibility index (Phi) is 5.61. The summed E-state index contributed by atoms with van der Waals surface area (Å²) in [6.07, 6.45) is -1.38. The summed E-state index contributed by atoms with van der Waals surface area (Å²) >= 11 is 0. The number of aryl methyl sites for hydroxylation is 1. The lowest BCUT2D eigenvalue weighted by atomic mass is 10.0. The minimum Gasteiger partial charge on any atom is -0.478 e. The Labute approximate surface area is 171 Å². The van der Waals surface area contributed by atoms with Gasteiger partial charge in [-0.2, -0.15) is 0 Å². The maximum absolute atomic E-state index is 12.4. The molecule has 30 heavy (non-hydrogen) atoms. The topological polar surface area (TPSA) is 47.1 Å². The number of hydrogen-bond donors (Lipinski definition) is 1. The SMILES string of the molecule is FC(F)(F)Oc1ccc(-c2cccc3cc(CCCOc4ccccn4)[nH]c23)cc1. The number of H-pyrrole nitrogens is 1. The minimum atomic E-state index is -4.70. The Balaban J connectivity index is 1.45. The van der Waals surface area contributed by atoms with Gasteiger partial charge in [0.2, 0.25) is 5.88 Å². The molecule has 0 aliphatic rings. The van der Waals surface area contributed by atoms with E-state index in [9.17, 15) is 13.2 Å². The molecule has 4 aromatic rings. The van der Waals surface area contributed by atoms with Gasteiger partial charge in [-0.1, -0.05) is 36.4 Å². The van der Waals surface area contributed by atoms with Crippen molar-refractivity contribution < 1.29 is 22.6 Å². The number of hydrogen-bond acceptors (Lipinski definition) is 3. The highest BCUT2D eigenvalue weighted by molar-refractivity contribution is 5.94. The van der Waals surface area contributed by atoms with Crippen LogP contribution < -0.4 is 9.47 Å². The van der Waals surface area contributed by atoms with E-state index in [0.29, 0.717) is 12.5 Å². The van der Waals surface area contributed by atoms with Crippen LogP contribution in [0, 0.1) is 0 Å². The molecule has 0 saturated heterocycles. The number of para-hydroxylation sites is 1. The number of nitrogens with one attached hydrogen (secondary N) is 1. The molecule has 1 N–H and O–H groups in total. The van der Waals surface area contributed by atoms with Crippen LogP contribution in [0.15, 0.2) is 72.9 Å². The number of rotatable bonds is 7. The number of alkyl halides is 3. The van der Waals surface area contributed by atoms with Gasteiger partial charge in [-0.15, -0.1) is 13.2 Å². The second kappa shape index (κ2) is 8.49. The quantitative estimate of drug-likeness (QED) is 0.371. The van der Waals surface area contributed by atoms with Gasteiger partial charge in [-0.25, -0.2) is 4.98 Å². The second-order valence-corrected chi connectivity index (χ2v) is 6.76. The van der Waals surface area contributed by atoms with E-state index in [4.69, 9.17) is 4.74 Å². The first kappa shape index (κ1) is 19.8. The molecule has 0 atom stereocenters. The van der Waals surface area contributed by atoms with Gasteiger partial charge in [-0.3, -0.25) is 0 Å². The summed E-state index contributed by atoms with van der Waals surface area (Å²) in [4.78, 5) is 7.56. The van der Waals surface area contributed by atoms with Crippen molar-refractivity contribution in [2.75, 3.05) is 6.61 Å². The average molecular weight is 412 g/mol. The highest BCUT2D eigenvalue weighted by Crippen LogP contribution is 2.31. The van der Waals surface area contributed by atoms with Crippen LogP contribution in [0.2, 0.25) is 0 Å². The van der Waals surface area contributed by atoms with Gasteiger partial charge >= 0.3 is 6.36 Å². The number of fused-ring (bicyclic) bond motifs is 1. The van der Waals surface area contributed by atoms with Crippen LogP contribution in [0.3, 0.4) is 0 Å². The lowest BCUT2D eigenvalue weighted by molar-refractivity contribution is -0.274.